The monoisotopic (exact) mass is 309 g/mol. The molecule has 1 aliphatic carbocycles. The lowest BCUT2D eigenvalue weighted by Crippen LogP contribution is -1.94. The van der Waals surface area contributed by atoms with Crippen LogP contribution in [-0.2, 0) is 0 Å². The van der Waals surface area contributed by atoms with E-state index in [1.54, 1.807) is 6.07 Å². The van der Waals surface area contributed by atoms with E-state index in [0.717, 1.165) is 10.3 Å². The fourth-order valence-electron chi connectivity index (χ4n) is 2.45. The van der Waals surface area contributed by atoms with Crippen molar-refractivity contribution in [1.82, 2.24) is 15.2 Å². The van der Waals surface area contributed by atoms with Crippen molar-refractivity contribution in [2.75, 3.05) is 0 Å². The maximum Gasteiger partial charge on any atom is 0.182 e. The van der Waals surface area contributed by atoms with Crippen LogP contribution in [0, 0.1) is 5.82 Å². The summed E-state index contributed by atoms with van der Waals surface area (Å²) in [6, 6.07) is 4.54. The average molecular weight is 310 g/mol. The highest BCUT2D eigenvalue weighted by Crippen LogP contribution is 2.33. The number of aromatic nitrogens is 3. The zero-order valence-electron chi connectivity index (χ0n) is 9.79. The smallest absolute Gasteiger partial charge is 0.182 e. The van der Waals surface area contributed by atoms with Gasteiger partial charge in [0, 0.05) is 16.0 Å². The van der Waals surface area contributed by atoms with Crippen molar-refractivity contribution in [1.29, 1.82) is 0 Å². The van der Waals surface area contributed by atoms with Gasteiger partial charge >= 0.3 is 0 Å². The molecule has 0 saturated heterocycles. The number of hydrogen-bond acceptors (Lipinski definition) is 2. The van der Waals surface area contributed by atoms with Crippen LogP contribution in [-0.4, -0.2) is 15.2 Å². The number of nitrogens with zero attached hydrogens (tertiary/aromatic N) is 2. The van der Waals surface area contributed by atoms with Crippen LogP contribution in [0.15, 0.2) is 22.7 Å². The van der Waals surface area contributed by atoms with Gasteiger partial charge in [0.25, 0.3) is 0 Å². The summed E-state index contributed by atoms with van der Waals surface area (Å²) in [7, 11) is 0. The van der Waals surface area contributed by atoms with Gasteiger partial charge in [-0.15, -0.1) is 0 Å². The molecule has 5 heteroatoms. The molecule has 1 aromatic carbocycles. The van der Waals surface area contributed by atoms with E-state index in [2.05, 4.69) is 31.1 Å². The SMILES string of the molecule is Fc1ccc(Br)c(-c2n[nH]c(C3CCCC3)n2)c1. The van der Waals surface area contributed by atoms with E-state index in [1.165, 1.54) is 37.8 Å². The van der Waals surface area contributed by atoms with Crippen LogP contribution >= 0.6 is 15.9 Å². The Kier molecular flexibility index (Phi) is 3.16. The van der Waals surface area contributed by atoms with E-state index in [1.807, 2.05) is 0 Å². The summed E-state index contributed by atoms with van der Waals surface area (Å²) in [5.74, 6) is 1.70. The summed E-state index contributed by atoms with van der Waals surface area (Å²) in [5, 5.41) is 7.19. The molecule has 1 heterocycles. The van der Waals surface area contributed by atoms with E-state index in [4.69, 9.17) is 0 Å². The third kappa shape index (κ3) is 2.19. The van der Waals surface area contributed by atoms with E-state index < -0.39 is 0 Å². The van der Waals surface area contributed by atoms with Gasteiger partial charge in [0.05, 0.1) is 0 Å². The number of benzene rings is 1. The van der Waals surface area contributed by atoms with Gasteiger partial charge in [-0.2, -0.15) is 5.10 Å². The van der Waals surface area contributed by atoms with Crippen LogP contribution in [0.2, 0.25) is 0 Å². The Bertz CT molecular complexity index is 561. The predicted octanol–water partition coefficient (Wildman–Crippen LogP) is 4.03. The molecule has 3 rings (SSSR count). The van der Waals surface area contributed by atoms with E-state index >= 15 is 0 Å². The Morgan fingerprint density at radius 2 is 2.06 bits per heavy atom. The van der Waals surface area contributed by atoms with Crippen LogP contribution in [0.4, 0.5) is 4.39 Å². The third-order valence-corrected chi connectivity index (χ3v) is 4.11. The number of H-pyrrole nitrogens is 1. The summed E-state index contributed by atoms with van der Waals surface area (Å²) in [6.45, 7) is 0. The van der Waals surface area contributed by atoms with Crippen molar-refractivity contribution in [3.8, 4) is 11.4 Å². The molecule has 3 nitrogen and oxygen atoms in total. The molecular formula is C13H13BrFN3. The normalized spacial score (nSPS) is 16.3. The first-order valence-corrected chi connectivity index (χ1v) is 6.91. The van der Waals surface area contributed by atoms with Gasteiger partial charge in [-0.3, -0.25) is 5.10 Å². The quantitative estimate of drug-likeness (QED) is 0.910. The molecule has 94 valence electrons. The van der Waals surface area contributed by atoms with Crippen molar-refractivity contribution < 1.29 is 4.39 Å². The zero-order chi connectivity index (χ0) is 12.5. The van der Waals surface area contributed by atoms with Gasteiger partial charge in [0.15, 0.2) is 5.82 Å². The minimum absolute atomic E-state index is 0.277. The van der Waals surface area contributed by atoms with Crippen LogP contribution in [0.1, 0.15) is 37.4 Å². The number of nitrogens with one attached hydrogen (secondary N) is 1. The lowest BCUT2D eigenvalue weighted by atomic mass is 10.1. The minimum atomic E-state index is -0.277. The molecule has 0 aliphatic heterocycles. The highest BCUT2D eigenvalue weighted by Gasteiger charge is 2.21. The van der Waals surface area contributed by atoms with Crippen molar-refractivity contribution >= 4 is 15.9 Å². The molecule has 1 N–H and O–H groups in total. The lowest BCUT2D eigenvalue weighted by molar-refractivity contribution is 0.628. The van der Waals surface area contributed by atoms with E-state index in [9.17, 15) is 4.39 Å². The molecule has 1 aromatic heterocycles. The van der Waals surface area contributed by atoms with E-state index in [-0.39, 0.29) is 5.82 Å². The molecule has 0 amide bonds. The number of aromatic amines is 1. The Morgan fingerprint density at radius 3 is 2.83 bits per heavy atom. The van der Waals surface area contributed by atoms with Gasteiger partial charge in [-0.25, -0.2) is 9.37 Å². The first kappa shape index (κ1) is 11.8. The zero-order valence-corrected chi connectivity index (χ0v) is 11.4. The van der Waals surface area contributed by atoms with Crippen molar-refractivity contribution in [2.24, 2.45) is 0 Å². The van der Waals surface area contributed by atoms with Crippen LogP contribution < -0.4 is 0 Å². The molecule has 0 bridgehead atoms. The summed E-state index contributed by atoms with van der Waals surface area (Å²) in [5.41, 5.74) is 0.690. The summed E-state index contributed by atoms with van der Waals surface area (Å²) < 4.78 is 14.1. The van der Waals surface area contributed by atoms with Crippen LogP contribution in [0.25, 0.3) is 11.4 Å². The Labute approximate surface area is 113 Å². The molecule has 18 heavy (non-hydrogen) atoms. The minimum Gasteiger partial charge on any atom is -0.262 e. The second kappa shape index (κ2) is 4.80. The maximum atomic E-state index is 13.3. The maximum absolute atomic E-state index is 13.3. The van der Waals surface area contributed by atoms with Gasteiger partial charge in [0.1, 0.15) is 11.6 Å². The first-order valence-electron chi connectivity index (χ1n) is 6.12. The standard InChI is InChI=1S/C13H13BrFN3/c14-11-6-5-9(15)7-10(11)13-16-12(17-18-13)8-3-1-2-4-8/h5-8H,1-4H2,(H,16,17,18). The fraction of sp³-hybridized carbons (Fsp3) is 0.385. The van der Waals surface area contributed by atoms with Gasteiger partial charge in [-0.1, -0.05) is 28.8 Å². The number of halogens is 2. The molecule has 1 saturated carbocycles. The van der Waals surface area contributed by atoms with Crippen LogP contribution in [0.5, 0.6) is 0 Å². The van der Waals surface area contributed by atoms with Gasteiger partial charge in [0.2, 0.25) is 0 Å². The molecule has 0 atom stereocenters. The molecular weight excluding hydrogens is 297 g/mol. The molecule has 0 spiro atoms. The summed E-state index contributed by atoms with van der Waals surface area (Å²) in [4.78, 5) is 4.50. The summed E-state index contributed by atoms with van der Waals surface area (Å²) >= 11 is 3.40. The Morgan fingerprint density at radius 1 is 1.28 bits per heavy atom. The Hall–Kier alpha value is -1.23. The molecule has 1 aliphatic rings. The van der Waals surface area contributed by atoms with Gasteiger partial charge in [-0.05, 0) is 31.0 Å². The first-order chi connectivity index (χ1) is 8.74. The Balaban J connectivity index is 1.94. The number of rotatable bonds is 2. The third-order valence-electron chi connectivity index (χ3n) is 3.41. The largest absolute Gasteiger partial charge is 0.262 e. The predicted molar refractivity (Wildman–Crippen MR) is 70.7 cm³/mol. The van der Waals surface area contributed by atoms with Crippen molar-refractivity contribution in [3.05, 3.63) is 34.3 Å². The molecule has 2 aromatic rings. The molecule has 0 unspecified atom stereocenters. The van der Waals surface area contributed by atoms with Gasteiger partial charge < -0.3 is 0 Å². The van der Waals surface area contributed by atoms with Crippen molar-refractivity contribution in [2.45, 2.75) is 31.6 Å². The second-order valence-corrected chi connectivity index (χ2v) is 5.50. The molecule has 0 radical (unpaired) electrons. The van der Waals surface area contributed by atoms with E-state index in [0.29, 0.717) is 17.3 Å². The fourth-order valence-corrected chi connectivity index (χ4v) is 2.87. The average Bonchev–Trinajstić information content (AvgIpc) is 3.00. The summed E-state index contributed by atoms with van der Waals surface area (Å²) in [6.07, 6.45) is 4.84. The second-order valence-electron chi connectivity index (χ2n) is 4.65. The lowest BCUT2D eigenvalue weighted by Gasteiger charge is -2.02. The van der Waals surface area contributed by atoms with Crippen LogP contribution in [0.3, 0.4) is 0 Å². The highest BCUT2D eigenvalue weighted by molar-refractivity contribution is 9.10. The van der Waals surface area contributed by atoms with Crippen molar-refractivity contribution in [3.63, 3.8) is 0 Å². The highest BCUT2D eigenvalue weighted by atomic mass is 79.9. The topological polar surface area (TPSA) is 41.6 Å². The molecule has 1 fully saturated rings. The number of hydrogen-bond donors (Lipinski definition) is 1.